The fourth-order valence-corrected chi connectivity index (χ4v) is 1.18. The maximum atomic E-state index is 11.5. The first-order valence-electron chi connectivity index (χ1n) is 4.77. The molecule has 0 aliphatic heterocycles. The molecule has 0 bridgehead atoms. The van der Waals surface area contributed by atoms with Gasteiger partial charge < -0.3 is 15.2 Å². The first-order valence-corrected chi connectivity index (χ1v) is 4.77. The molecular weight excluding hydrogens is 206 g/mol. The second kappa shape index (κ2) is 5.66. The smallest absolute Gasteiger partial charge is 0.251 e. The Morgan fingerprint density at radius 3 is 2.94 bits per heavy atom. The Morgan fingerprint density at radius 1 is 1.62 bits per heavy atom. The van der Waals surface area contributed by atoms with Crippen molar-refractivity contribution in [3.8, 4) is 23.8 Å². The van der Waals surface area contributed by atoms with E-state index in [9.17, 15) is 9.90 Å². The van der Waals surface area contributed by atoms with Gasteiger partial charge in [0, 0.05) is 18.5 Å². The number of carbonyl (C=O) groups excluding carboxylic acids is 1. The van der Waals surface area contributed by atoms with Crippen LogP contribution in [0.1, 0.15) is 16.8 Å². The van der Waals surface area contributed by atoms with Gasteiger partial charge in [-0.3, -0.25) is 4.79 Å². The highest BCUT2D eigenvalue weighted by atomic mass is 16.5. The highest BCUT2D eigenvalue weighted by Gasteiger charge is 2.08. The largest absolute Gasteiger partial charge is 0.504 e. The molecule has 0 spiro atoms. The Kier molecular flexibility index (Phi) is 4.22. The van der Waals surface area contributed by atoms with Gasteiger partial charge in [0.05, 0.1) is 7.11 Å². The first kappa shape index (κ1) is 11.9. The van der Waals surface area contributed by atoms with Crippen molar-refractivity contribution in [1.29, 1.82) is 0 Å². The molecule has 0 saturated heterocycles. The number of benzene rings is 1. The van der Waals surface area contributed by atoms with Crippen LogP contribution in [0.4, 0.5) is 0 Å². The summed E-state index contributed by atoms with van der Waals surface area (Å²) in [7, 11) is 1.45. The summed E-state index contributed by atoms with van der Waals surface area (Å²) in [6.07, 6.45) is 5.54. The fraction of sp³-hybridized carbons (Fsp3) is 0.250. The van der Waals surface area contributed by atoms with E-state index in [0.717, 1.165) is 0 Å². The van der Waals surface area contributed by atoms with Crippen LogP contribution < -0.4 is 10.1 Å². The minimum Gasteiger partial charge on any atom is -0.504 e. The molecule has 1 aromatic rings. The molecular formula is C12H13NO3. The third-order valence-corrected chi connectivity index (χ3v) is 2.00. The van der Waals surface area contributed by atoms with Gasteiger partial charge in [-0.25, -0.2) is 0 Å². The van der Waals surface area contributed by atoms with E-state index in [1.807, 2.05) is 0 Å². The zero-order valence-electron chi connectivity index (χ0n) is 8.99. The van der Waals surface area contributed by atoms with Gasteiger partial charge >= 0.3 is 0 Å². The van der Waals surface area contributed by atoms with Gasteiger partial charge in [0.1, 0.15) is 0 Å². The van der Waals surface area contributed by atoms with E-state index in [-0.39, 0.29) is 11.7 Å². The van der Waals surface area contributed by atoms with Crippen molar-refractivity contribution < 1.29 is 14.6 Å². The average molecular weight is 219 g/mol. The first-order chi connectivity index (χ1) is 7.69. The summed E-state index contributed by atoms with van der Waals surface area (Å²) in [5.74, 6) is 2.42. The lowest BCUT2D eigenvalue weighted by molar-refractivity contribution is 0.0954. The Labute approximate surface area is 94.2 Å². The number of hydrogen-bond donors (Lipinski definition) is 2. The van der Waals surface area contributed by atoms with Crippen LogP contribution in [-0.4, -0.2) is 24.7 Å². The molecule has 0 aliphatic rings. The molecule has 0 radical (unpaired) electrons. The number of carbonyl (C=O) groups is 1. The standard InChI is InChI=1S/C12H13NO3/c1-3-4-7-13-12(15)9-5-6-11(16-2)10(14)8-9/h1,5-6,8,14H,4,7H2,2H3,(H,13,15). The van der Waals surface area contributed by atoms with Gasteiger partial charge in [0.25, 0.3) is 5.91 Å². The summed E-state index contributed by atoms with van der Waals surface area (Å²) in [6, 6.07) is 4.46. The second-order valence-electron chi connectivity index (χ2n) is 3.10. The summed E-state index contributed by atoms with van der Waals surface area (Å²) in [4.78, 5) is 11.5. The van der Waals surface area contributed by atoms with Gasteiger partial charge in [-0.15, -0.1) is 12.3 Å². The summed E-state index contributed by atoms with van der Waals surface area (Å²) >= 11 is 0. The maximum Gasteiger partial charge on any atom is 0.251 e. The zero-order chi connectivity index (χ0) is 12.0. The summed E-state index contributed by atoms with van der Waals surface area (Å²) in [6.45, 7) is 0.419. The Hall–Kier alpha value is -2.15. The van der Waals surface area contributed by atoms with Crippen molar-refractivity contribution in [3.63, 3.8) is 0 Å². The molecule has 1 rings (SSSR count). The summed E-state index contributed by atoms with van der Waals surface area (Å²) < 4.78 is 4.87. The zero-order valence-corrected chi connectivity index (χ0v) is 8.99. The molecule has 1 amide bonds. The Balaban J connectivity index is 2.70. The van der Waals surface area contributed by atoms with Gasteiger partial charge in [0.2, 0.25) is 0 Å². The molecule has 4 heteroatoms. The van der Waals surface area contributed by atoms with Crippen LogP contribution in [0, 0.1) is 12.3 Å². The predicted molar refractivity (Wildman–Crippen MR) is 60.4 cm³/mol. The predicted octanol–water partition coefficient (Wildman–Crippen LogP) is 1.15. The minimum atomic E-state index is -0.270. The van der Waals surface area contributed by atoms with Crippen LogP contribution in [0.25, 0.3) is 0 Å². The lowest BCUT2D eigenvalue weighted by Crippen LogP contribution is -2.24. The molecule has 4 nitrogen and oxygen atoms in total. The number of amides is 1. The summed E-state index contributed by atoms with van der Waals surface area (Å²) in [5.41, 5.74) is 0.371. The van der Waals surface area contributed by atoms with Crippen molar-refractivity contribution in [3.05, 3.63) is 23.8 Å². The van der Waals surface area contributed by atoms with E-state index in [2.05, 4.69) is 11.2 Å². The van der Waals surface area contributed by atoms with E-state index in [0.29, 0.717) is 24.3 Å². The van der Waals surface area contributed by atoms with Gasteiger partial charge in [-0.2, -0.15) is 0 Å². The van der Waals surface area contributed by atoms with Crippen LogP contribution >= 0.6 is 0 Å². The fourth-order valence-electron chi connectivity index (χ4n) is 1.18. The molecule has 16 heavy (non-hydrogen) atoms. The number of methoxy groups -OCH3 is 1. The number of terminal acetylenes is 1. The lowest BCUT2D eigenvalue weighted by atomic mass is 10.2. The third-order valence-electron chi connectivity index (χ3n) is 2.00. The SMILES string of the molecule is C#CCCNC(=O)c1ccc(OC)c(O)c1. The van der Waals surface area contributed by atoms with E-state index in [4.69, 9.17) is 11.2 Å². The number of nitrogens with one attached hydrogen (secondary N) is 1. The van der Waals surface area contributed by atoms with Crippen LogP contribution in [0.3, 0.4) is 0 Å². The maximum absolute atomic E-state index is 11.5. The van der Waals surface area contributed by atoms with Gasteiger partial charge in [0.15, 0.2) is 11.5 Å². The second-order valence-corrected chi connectivity index (χ2v) is 3.10. The van der Waals surface area contributed by atoms with E-state index in [1.54, 1.807) is 6.07 Å². The normalized spacial score (nSPS) is 9.25. The highest BCUT2D eigenvalue weighted by molar-refractivity contribution is 5.94. The molecule has 0 atom stereocenters. The van der Waals surface area contributed by atoms with E-state index in [1.165, 1.54) is 19.2 Å². The molecule has 0 fully saturated rings. The molecule has 1 aromatic carbocycles. The molecule has 0 aromatic heterocycles. The van der Waals surface area contributed by atoms with Crippen LogP contribution in [0.5, 0.6) is 11.5 Å². The average Bonchev–Trinajstić information content (AvgIpc) is 2.29. The summed E-state index contributed by atoms with van der Waals surface area (Å²) in [5, 5.41) is 12.1. The quantitative estimate of drug-likeness (QED) is 0.590. The monoisotopic (exact) mass is 219 g/mol. The van der Waals surface area contributed by atoms with Gasteiger partial charge in [-0.1, -0.05) is 0 Å². The van der Waals surface area contributed by atoms with Gasteiger partial charge in [-0.05, 0) is 18.2 Å². The van der Waals surface area contributed by atoms with Crippen molar-refractivity contribution in [1.82, 2.24) is 5.32 Å². The molecule has 2 N–H and O–H groups in total. The minimum absolute atomic E-state index is 0.0629. The highest BCUT2D eigenvalue weighted by Crippen LogP contribution is 2.25. The molecule has 84 valence electrons. The molecule has 0 unspecified atom stereocenters. The number of phenolic OH excluding ortho intramolecular Hbond substituents is 1. The Morgan fingerprint density at radius 2 is 2.38 bits per heavy atom. The molecule has 0 saturated carbocycles. The van der Waals surface area contributed by atoms with Crippen molar-refractivity contribution in [2.45, 2.75) is 6.42 Å². The van der Waals surface area contributed by atoms with Crippen molar-refractivity contribution in [2.75, 3.05) is 13.7 Å². The van der Waals surface area contributed by atoms with Crippen molar-refractivity contribution in [2.24, 2.45) is 0 Å². The number of ether oxygens (including phenoxy) is 1. The van der Waals surface area contributed by atoms with Crippen LogP contribution in [0.15, 0.2) is 18.2 Å². The van der Waals surface area contributed by atoms with Crippen molar-refractivity contribution >= 4 is 5.91 Å². The van der Waals surface area contributed by atoms with Crippen LogP contribution in [0.2, 0.25) is 0 Å². The third kappa shape index (κ3) is 2.92. The number of rotatable bonds is 4. The molecule has 0 aliphatic carbocycles. The Bertz CT molecular complexity index is 421. The lowest BCUT2D eigenvalue weighted by Gasteiger charge is -2.06. The number of hydrogen-bond acceptors (Lipinski definition) is 3. The molecule has 0 heterocycles. The number of aromatic hydroxyl groups is 1. The van der Waals surface area contributed by atoms with Crippen LogP contribution in [-0.2, 0) is 0 Å². The van der Waals surface area contributed by atoms with E-state index < -0.39 is 0 Å². The topological polar surface area (TPSA) is 58.6 Å². The number of phenols is 1. The van der Waals surface area contributed by atoms with E-state index >= 15 is 0 Å².